The van der Waals surface area contributed by atoms with Gasteiger partial charge < -0.3 is 20.3 Å². The third-order valence-corrected chi connectivity index (χ3v) is 11.4. The van der Waals surface area contributed by atoms with E-state index < -0.39 is 18.2 Å². The first-order valence-corrected chi connectivity index (χ1v) is 26.5. The highest BCUT2D eigenvalue weighted by Crippen LogP contribution is 2.16. The second-order valence-corrected chi connectivity index (χ2v) is 17.6. The van der Waals surface area contributed by atoms with Crippen molar-refractivity contribution in [3.63, 3.8) is 0 Å². The molecule has 0 aliphatic carbocycles. The Labute approximate surface area is 395 Å². The number of rotatable bonds is 46. The van der Waals surface area contributed by atoms with Gasteiger partial charge in [0, 0.05) is 6.42 Å². The van der Waals surface area contributed by atoms with E-state index in [9.17, 15) is 19.8 Å². The zero-order valence-corrected chi connectivity index (χ0v) is 41.6. The zero-order chi connectivity index (χ0) is 46.7. The normalized spacial score (nSPS) is 14.0. The summed E-state index contributed by atoms with van der Waals surface area (Å²) >= 11 is 0. The summed E-state index contributed by atoms with van der Waals surface area (Å²) in [6.45, 7) is 6.32. The molecule has 3 N–H and O–H groups in total. The first kappa shape index (κ1) is 60.8. The van der Waals surface area contributed by atoms with Crippen LogP contribution in [0.15, 0.2) is 97.2 Å². The number of nitrogens with one attached hydrogen (secondary N) is 1. The average Bonchev–Trinajstić information content (AvgIpc) is 3.29. The van der Waals surface area contributed by atoms with Gasteiger partial charge in [0.15, 0.2) is 0 Å². The summed E-state index contributed by atoms with van der Waals surface area (Å²) in [5, 5.41) is 23.7. The number of carbonyl (C=O) groups is 2. The SMILES string of the molecule is CC/C=C\C/C=C\C/C=C\C/C=C\C/C=C\C/C=C\CCC(=O)OC(CCCCC/C=C/C=C/CCCCCCCCC)CC(=O)NC(CO)C(O)CCCCCCCCCCCC. The minimum atomic E-state index is -0.811. The molecule has 6 heteroatoms. The predicted molar refractivity (Wildman–Crippen MR) is 277 cm³/mol. The monoisotopic (exact) mass is 890 g/mol. The highest BCUT2D eigenvalue weighted by Gasteiger charge is 2.24. The maximum atomic E-state index is 13.2. The number of aliphatic hydroxyl groups excluding tert-OH is 2. The molecule has 0 bridgehead atoms. The molecule has 0 aromatic rings. The second kappa shape index (κ2) is 50.8. The highest BCUT2D eigenvalue weighted by molar-refractivity contribution is 5.77. The maximum absolute atomic E-state index is 13.2. The molecule has 0 radical (unpaired) electrons. The Morgan fingerprint density at radius 1 is 0.484 bits per heavy atom. The number of carbonyl (C=O) groups excluding carboxylic acids is 2. The lowest BCUT2D eigenvalue weighted by molar-refractivity contribution is -0.150. The van der Waals surface area contributed by atoms with Crippen LogP contribution in [0.4, 0.5) is 0 Å². The average molecular weight is 890 g/mol. The van der Waals surface area contributed by atoms with Crippen molar-refractivity contribution in [2.45, 2.75) is 251 Å². The van der Waals surface area contributed by atoms with E-state index >= 15 is 0 Å². The summed E-state index contributed by atoms with van der Waals surface area (Å²) in [6, 6.07) is -0.730. The number of hydrogen-bond acceptors (Lipinski definition) is 5. The van der Waals surface area contributed by atoms with E-state index in [2.05, 4.69) is 117 Å². The molecule has 0 saturated heterocycles. The molecule has 0 aliphatic heterocycles. The Balaban J connectivity index is 4.77. The standard InChI is InChI=1S/C58H99NO5/c1-4-7-10-13-16-19-22-24-26-28-29-30-32-34-36-39-42-45-48-51-58(63)64-54(49-46-43-40-37-35-33-31-27-25-23-20-17-14-11-8-5-2)52-57(62)59-55(53-60)56(61)50-47-44-41-38-21-18-15-12-9-6-3/h7,10,16,19,24,26-27,29-31,33-36,42,45,54-56,60-61H,4-6,8-9,11-15,17-18,20-23,25,28,32,37-41,43-44,46-53H2,1-3H3,(H,59,62)/b10-7-,19-16-,26-24-,30-29-,31-27+,35-33+,36-34-,45-42-. The fourth-order valence-electron chi connectivity index (χ4n) is 7.45. The summed E-state index contributed by atoms with van der Waals surface area (Å²) in [7, 11) is 0. The van der Waals surface area contributed by atoms with Crippen molar-refractivity contribution in [2.75, 3.05) is 6.61 Å². The highest BCUT2D eigenvalue weighted by atomic mass is 16.5. The molecule has 0 rings (SSSR count). The van der Waals surface area contributed by atoms with Crippen LogP contribution in [-0.4, -0.2) is 46.9 Å². The van der Waals surface area contributed by atoms with Gasteiger partial charge in [-0.05, 0) is 89.9 Å². The molecule has 0 heterocycles. The van der Waals surface area contributed by atoms with Crippen LogP contribution >= 0.6 is 0 Å². The lowest BCUT2D eigenvalue weighted by Gasteiger charge is -2.24. The van der Waals surface area contributed by atoms with Crippen LogP contribution in [0.3, 0.4) is 0 Å². The van der Waals surface area contributed by atoms with Gasteiger partial charge in [-0.2, -0.15) is 0 Å². The van der Waals surface area contributed by atoms with Gasteiger partial charge in [0.25, 0.3) is 0 Å². The van der Waals surface area contributed by atoms with Crippen LogP contribution in [-0.2, 0) is 14.3 Å². The minimum Gasteiger partial charge on any atom is -0.462 e. The van der Waals surface area contributed by atoms with E-state index in [0.29, 0.717) is 19.3 Å². The molecule has 3 atom stereocenters. The van der Waals surface area contributed by atoms with Gasteiger partial charge in [-0.1, -0.05) is 227 Å². The van der Waals surface area contributed by atoms with Crippen molar-refractivity contribution in [1.82, 2.24) is 5.32 Å². The second-order valence-electron chi connectivity index (χ2n) is 17.6. The molecule has 0 spiro atoms. The topological polar surface area (TPSA) is 95.9 Å². The van der Waals surface area contributed by atoms with E-state index in [-0.39, 0.29) is 31.3 Å². The smallest absolute Gasteiger partial charge is 0.306 e. The number of hydrogen-bond donors (Lipinski definition) is 3. The van der Waals surface area contributed by atoms with Gasteiger partial charge in [-0.3, -0.25) is 9.59 Å². The number of aliphatic hydroxyl groups is 2. The molecular formula is C58H99NO5. The van der Waals surface area contributed by atoms with Gasteiger partial charge in [0.1, 0.15) is 6.10 Å². The number of amides is 1. The molecule has 366 valence electrons. The van der Waals surface area contributed by atoms with Crippen LogP contribution in [0.5, 0.6) is 0 Å². The molecular weight excluding hydrogens is 791 g/mol. The summed E-state index contributed by atoms with van der Waals surface area (Å²) in [5.41, 5.74) is 0. The Bertz CT molecular complexity index is 1270. The summed E-state index contributed by atoms with van der Waals surface area (Å²) in [4.78, 5) is 26.1. The first-order valence-electron chi connectivity index (χ1n) is 26.5. The minimum absolute atomic E-state index is 0.0244. The first-order chi connectivity index (χ1) is 31.5. The van der Waals surface area contributed by atoms with E-state index in [1.165, 1.54) is 89.9 Å². The van der Waals surface area contributed by atoms with E-state index in [1.54, 1.807) is 0 Å². The lowest BCUT2D eigenvalue weighted by atomic mass is 10.0. The van der Waals surface area contributed by atoms with E-state index in [0.717, 1.165) is 89.9 Å². The van der Waals surface area contributed by atoms with Crippen molar-refractivity contribution in [2.24, 2.45) is 0 Å². The zero-order valence-electron chi connectivity index (χ0n) is 41.6. The Kier molecular flexibility index (Phi) is 48.2. The summed E-state index contributed by atoms with van der Waals surface area (Å²) in [6.07, 6.45) is 67.6. The maximum Gasteiger partial charge on any atom is 0.306 e. The van der Waals surface area contributed by atoms with Crippen LogP contribution in [0.1, 0.15) is 233 Å². The van der Waals surface area contributed by atoms with E-state index in [4.69, 9.17) is 4.74 Å². The molecule has 6 nitrogen and oxygen atoms in total. The van der Waals surface area contributed by atoms with Crippen molar-refractivity contribution >= 4 is 11.9 Å². The third-order valence-electron chi connectivity index (χ3n) is 11.4. The van der Waals surface area contributed by atoms with Crippen molar-refractivity contribution in [1.29, 1.82) is 0 Å². The number of unbranched alkanes of at least 4 members (excludes halogenated alkanes) is 19. The number of allylic oxidation sites excluding steroid dienone is 16. The Morgan fingerprint density at radius 3 is 1.36 bits per heavy atom. The summed E-state index contributed by atoms with van der Waals surface area (Å²) in [5.74, 6) is -0.606. The number of ether oxygens (including phenoxy) is 1. The Hall–Kier alpha value is -3.22. The predicted octanol–water partition coefficient (Wildman–Crippen LogP) is 16.1. The van der Waals surface area contributed by atoms with E-state index in [1.807, 2.05) is 6.08 Å². The van der Waals surface area contributed by atoms with Crippen LogP contribution in [0.25, 0.3) is 0 Å². The van der Waals surface area contributed by atoms with Crippen molar-refractivity contribution in [3.05, 3.63) is 97.2 Å². The molecule has 3 unspecified atom stereocenters. The van der Waals surface area contributed by atoms with Crippen LogP contribution < -0.4 is 5.32 Å². The largest absolute Gasteiger partial charge is 0.462 e. The van der Waals surface area contributed by atoms with Gasteiger partial charge in [-0.15, -0.1) is 0 Å². The van der Waals surface area contributed by atoms with Gasteiger partial charge >= 0.3 is 5.97 Å². The van der Waals surface area contributed by atoms with Crippen molar-refractivity contribution in [3.8, 4) is 0 Å². The molecule has 0 aromatic carbocycles. The lowest BCUT2D eigenvalue weighted by Crippen LogP contribution is -2.46. The summed E-state index contributed by atoms with van der Waals surface area (Å²) < 4.78 is 5.88. The van der Waals surface area contributed by atoms with Gasteiger partial charge in [0.05, 0.1) is 25.2 Å². The fourth-order valence-corrected chi connectivity index (χ4v) is 7.45. The van der Waals surface area contributed by atoms with Gasteiger partial charge in [-0.25, -0.2) is 0 Å². The molecule has 1 amide bonds. The molecule has 0 fully saturated rings. The van der Waals surface area contributed by atoms with Crippen LogP contribution in [0, 0.1) is 0 Å². The van der Waals surface area contributed by atoms with Gasteiger partial charge in [0.2, 0.25) is 5.91 Å². The van der Waals surface area contributed by atoms with Crippen molar-refractivity contribution < 1.29 is 24.5 Å². The quantitative estimate of drug-likeness (QED) is 0.0245. The fraction of sp³-hybridized carbons (Fsp3) is 0.690. The molecule has 0 aliphatic rings. The molecule has 64 heavy (non-hydrogen) atoms. The van der Waals surface area contributed by atoms with Crippen LogP contribution in [0.2, 0.25) is 0 Å². The Morgan fingerprint density at radius 2 is 0.891 bits per heavy atom. The molecule has 0 saturated carbocycles. The third kappa shape index (κ3) is 45.4. The molecule has 0 aromatic heterocycles. The number of esters is 1.